The van der Waals surface area contributed by atoms with Crippen molar-refractivity contribution in [3.8, 4) is 0 Å². The predicted molar refractivity (Wildman–Crippen MR) is 110 cm³/mol. The number of hydrogen-bond donors (Lipinski definition) is 2. The van der Waals surface area contributed by atoms with Crippen molar-refractivity contribution in [2.24, 2.45) is 5.73 Å². The molecule has 1 atom stereocenters. The third-order valence-electron chi connectivity index (χ3n) is 4.71. The van der Waals surface area contributed by atoms with Crippen LogP contribution < -0.4 is 5.73 Å². The molecule has 2 aromatic heterocycles. The Morgan fingerprint density at radius 3 is 2.36 bits per heavy atom. The maximum atomic E-state index is 13.3. The van der Waals surface area contributed by atoms with E-state index in [9.17, 15) is 4.39 Å². The topological polar surface area (TPSA) is 75.7 Å². The smallest absolute Gasteiger partial charge is 0.123 e. The van der Waals surface area contributed by atoms with Gasteiger partial charge in [-0.1, -0.05) is 13.0 Å². The minimum atomic E-state index is -0.330. The van der Waals surface area contributed by atoms with Crippen molar-refractivity contribution in [3.63, 3.8) is 0 Å². The average Bonchev–Trinajstić information content (AvgIpc) is 2.74. The number of hydrogen-bond acceptors (Lipinski definition) is 4. The molecule has 0 aliphatic carbocycles. The van der Waals surface area contributed by atoms with Crippen LogP contribution in [-0.2, 0) is 0 Å². The zero-order valence-electron chi connectivity index (χ0n) is 15.8. The van der Waals surface area contributed by atoms with Crippen molar-refractivity contribution >= 4 is 11.3 Å². The second kappa shape index (κ2) is 9.04. The highest BCUT2D eigenvalue weighted by Crippen LogP contribution is 2.26. The second-order valence-electron chi connectivity index (χ2n) is 6.71. The standard InChI is InChI=1S/C23H23FN4/c1-16(21-4-2-3-13-28-21)5-10-20(25)22(17-11-14-27-15-12-17)23(26)18-6-8-19(24)9-7-18/h2-4,6-9,11-16,26H,5,10,25H2,1H3/b22-20-,26-23?. The first-order valence-electron chi connectivity index (χ1n) is 9.21. The fourth-order valence-corrected chi connectivity index (χ4v) is 3.08. The summed E-state index contributed by atoms with van der Waals surface area (Å²) in [4.78, 5) is 8.46. The highest BCUT2D eigenvalue weighted by molar-refractivity contribution is 6.30. The lowest BCUT2D eigenvalue weighted by molar-refractivity contribution is 0.628. The Kier molecular flexibility index (Phi) is 6.27. The van der Waals surface area contributed by atoms with Crippen molar-refractivity contribution < 1.29 is 4.39 Å². The summed E-state index contributed by atoms with van der Waals surface area (Å²) in [5.41, 5.74) is 10.5. The summed E-state index contributed by atoms with van der Waals surface area (Å²) in [6.07, 6.45) is 6.58. The summed E-state index contributed by atoms with van der Waals surface area (Å²) in [5, 5.41) is 8.68. The zero-order chi connectivity index (χ0) is 19.9. The minimum absolute atomic E-state index is 0.249. The minimum Gasteiger partial charge on any atom is -0.401 e. The van der Waals surface area contributed by atoms with E-state index in [4.69, 9.17) is 11.1 Å². The Labute approximate surface area is 164 Å². The van der Waals surface area contributed by atoms with E-state index in [0.29, 0.717) is 23.3 Å². The number of nitrogens with one attached hydrogen (secondary N) is 1. The van der Waals surface area contributed by atoms with Gasteiger partial charge < -0.3 is 5.73 Å². The van der Waals surface area contributed by atoms with Gasteiger partial charge in [0.1, 0.15) is 5.82 Å². The van der Waals surface area contributed by atoms with E-state index in [1.807, 2.05) is 30.3 Å². The van der Waals surface area contributed by atoms with Crippen LogP contribution in [0.2, 0.25) is 0 Å². The predicted octanol–water partition coefficient (Wildman–Crippen LogP) is 4.94. The molecule has 0 spiro atoms. The van der Waals surface area contributed by atoms with Gasteiger partial charge in [0.2, 0.25) is 0 Å². The maximum absolute atomic E-state index is 13.3. The molecule has 28 heavy (non-hydrogen) atoms. The quantitative estimate of drug-likeness (QED) is 0.575. The lowest BCUT2D eigenvalue weighted by atomic mass is 9.91. The third-order valence-corrected chi connectivity index (χ3v) is 4.71. The van der Waals surface area contributed by atoms with Gasteiger partial charge in [0.25, 0.3) is 0 Å². The normalized spacial score (nSPS) is 12.9. The van der Waals surface area contributed by atoms with Gasteiger partial charge in [-0.3, -0.25) is 15.4 Å². The molecule has 3 rings (SSSR count). The molecule has 0 radical (unpaired) electrons. The van der Waals surface area contributed by atoms with Gasteiger partial charge in [0.15, 0.2) is 0 Å². The van der Waals surface area contributed by atoms with Crippen LogP contribution in [0.3, 0.4) is 0 Å². The number of aromatic nitrogens is 2. The van der Waals surface area contributed by atoms with Crippen molar-refractivity contribution in [1.82, 2.24) is 9.97 Å². The molecule has 0 aliphatic heterocycles. The monoisotopic (exact) mass is 374 g/mol. The zero-order valence-corrected chi connectivity index (χ0v) is 15.8. The first-order valence-corrected chi connectivity index (χ1v) is 9.21. The molecule has 0 saturated heterocycles. The van der Waals surface area contributed by atoms with Crippen molar-refractivity contribution in [3.05, 3.63) is 102 Å². The van der Waals surface area contributed by atoms with Crippen LogP contribution in [0.5, 0.6) is 0 Å². The molecule has 3 N–H and O–H groups in total. The van der Waals surface area contributed by atoms with Gasteiger partial charge in [-0.05, 0) is 72.9 Å². The molecule has 0 saturated carbocycles. The van der Waals surface area contributed by atoms with Crippen LogP contribution in [0.25, 0.3) is 5.57 Å². The number of rotatable bonds is 7. The molecule has 5 heteroatoms. The second-order valence-corrected chi connectivity index (χ2v) is 6.71. The third kappa shape index (κ3) is 4.68. The Bertz CT molecular complexity index is 951. The highest BCUT2D eigenvalue weighted by atomic mass is 19.1. The average molecular weight is 374 g/mol. The molecule has 1 aromatic carbocycles. The molecule has 2 heterocycles. The molecular weight excluding hydrogens is 351 g/mol. The van der Waals surface area contributed by atoms with E-state index >= 15 is 0 Å². The molecule has 0 fully saturated rings. The highest BCUT2D eigenvalue weighted by Gasteiger charge is 2.16. The van der Waals surface area contributed by atoms with Crippen LogP contribution in [0.1, 0.15) is 42.5 Å². The molecule has 3 aromatic rings. The molecule has 142 valence electrons. The first-order chi connectivity index (χ1) is 13.6. The number of allylic oxidation sites excluding steroid dienone is 2. The summed E-state index contributed by atoms with van der Waals surface area (Å²) in [5.74, 6) is -0.0819. The van der Waals surface area contributed by atoms with Gasteiger partial charge in [-0.2, -0.15) is 0 Å². The SMILES string of the molecule is CC(CC/C(N)=C(/C(=N)c1ccc(F)cc1)c1ccncc1)c1ccccn1. The van der Waals surface area contributed by atoms with Gasteiger partial charge in [-0.25, -0.2) is 4.39 Å². The van der Waals surface area contributed by atoms with Crippen LogP contribution in [-0.4, -0.2) is 15.7 Å². The fourth-order valence-electron chi connectivity index (χ4n) is 3.08. The van der Waals surface area contributed by atoms with E-state index in [-0.39, 0.29) is 17.4 Å². The fraction of sp³-hybridized carbons (Fsp3) is 0.174. The molecule has 0 aliphatic rings. The summed E-state index contributed by atoms with van der Waals surface area (Å²) in [6.45, 7) is 2.12. The number of halogens is 1. The van der Waals surface area contributed by atoms with Crippen molar-refractivity contribution in [2.45, 2.75) is 25.7 Å². The Balaban J connectivity index is 1.89. The number of nitrogens with zero attached hydrogens (tertiary/aromatic N) is 2. The lowest BCUT2D eigenvalue weighted by Gasteiger charge is -2.16. The number of pyridine rings is 2. The van der Waals surface area contributed by atoms with E-state index < -0.39 is 0 Å². The number of nitrogens with two attached hydrogens (primary N) is 1. The van der Waals surface area contributed by atoms with Crippen molar-refractivity contribution in [1.29, 1.82) is 5.41 Å². The van der Waals surface area contributed by atoms with E-state index in [1.165, 1.54) is 12.1 Å². The van der Waals surface area contributed by atoms with Gasteiger partial charge in [-0.15, -0.1) is 0 Å². The van der Waals surface area contributed by atoms with Gasteiger partial charge in [0, 0.05) is 41.1 Å². The van der Waals surface area contributed by atoms with Crippen molar-refractivity contribution in [2.75, 3.05) is 0 Å². The summed E-state index contributed by atoms with van der Waals surface area (Å²) in [6, 6.07) is 15.5. The summed E-state index contributed by atoms with van der Waals surface area (Å²) < 4.78 is 13.3. The van der Waals surface area contributed by atoms with E-state index in [1.54, 1.807) is 30.7 Å². The van der Waals surface area contributed by atoms with E-state index in [2.05, 4.69) is 16.9 Å². The van der Waals surface area contributed by atoms with Crippen LogP contribution in [0, 0.1) is 11.2 Å². The Hall–Kier alpha value is -3.34. The van der Waals surface area contributed by atoms with Crippen LogP contribution in [0.15, 0.2) is 78.9 Å². The molecule has 1 unspecified atom stereocenters. The lowest BCUT2D eigenvalue weighted by Crippen LogP contribution is -2.12. The van der Waals surface area contributed by atoms with Crippen LogP contribution >= 0.6 is 0 Å². The summed E-state index contributed by atoms with van der Waals surface area (Å²) in [7, 11) is 0. The Morgan fingerprint density at radius 2 is 1.71 bits per heavy atom. The Morgan fingerprint density at radius 1 is 1.00 bits per heavy atom. The van der Waals surface area contributed by atoms with Crippen LogP contribution in [0.4, 0.5) is 4.39 Å². The molecule has 0 amide bonds. The summed E-state index contributed by atoms with van der Waals surface area (Å²) >= 11 is 0. The van der Waals surface area contributed by atoms with Gasteiger partial charge >= 0.3 is 0 Å². The largest absolute Gasteiger partial charge is 0.401 e. The van der Waals surface area contributed by atoms with E-state index in [0.717, 1.165) is 17.7 Å². The maximum Gasteiger partial charge on any atom is 0.123 e. The van der Waals surface area contributed by atoms with Gasteiger partial charge in [0.05, 0.1) is 5.71 Å². The molecule has 4 nitrogen and oxygen atoms in total. The first kappa shape index (κ1) is 19.4. The molecule has 0 bridgehead atoms. The molecular formula is C23H23FN4. The number of benzene rings is 1.